The lowest BCUT2D eigenvalue weighted by Gasteiger charge is -2.23. The Morgan fingerprint density at radius 1 is 1.37 bits per heavy atom. The Morgan fingerprint density at radius 3 is 2.63 bits per heavy atom. The largest absolute Gasteiger partial charge is 0.481 e. The van der Waals surface area contributed by atoms with Crippen LogP contribution in [0.25, 0.3) is 0 Å². The fraction of sp³-hybridized carbons (Fsp3) is 0.714. The zero-order valence-corrected chi connectivity index (χ0v) is 11.7. The van der Waals surface area contributed by atoms with Gasteiger partial charge in [0, 0.05) is 12.6 Å². The van der Waals surface area contributed by atoms with Crippen molar-refractivity contribution in [2.24, 2.45) is 11.8 Å². The second kappa shape index (κ2) is 7.81. The second-order valence-corrected chi connectivity index (χ2v) is 5.45. The predicted octanol–water partition coefficient (Wildman–Crippen LogP) is 2.14. The van der Waals surface area contributed by atoms with Crippen LogP contribution in [0.3, 0.4) is 0 Å². The molecule has 0 fully saturated rings. The van der Waals surface area contributed by atoms with Crippen LogP contribution in [-0.2, 0) is 4.79 Å². The number of urea groups is 1. The molecule has 0 spiro atoms. The first-order valence-electron chi connectivity index (χ1n) is 6.90. The van der Waals surface area contributed by atoms with Crippen LogP contribution in [0.1, 0.15) is 39.5 Å². The summed E-state index contributed by atoms with van der Waals surface area (Å²) in [6.07, 6.45) is 7.44. The number of carboxylic acid groups (broad SMARTS) is 1. The maximum atomic E-state index is 11.7. The molecule has 1 aliphatic carbocycles. The number of carboxylic acids is 1. The molecule has 0 aromatic rings. The normalized spacial score (nSPS) is 20.1. The quantitative estimate of drug-likeness (QED) is 0.646. The van der Waals surface area contributed by atoms with Crippen LogP contribution < -0.4 is 10.6 Å². The van der Waals surface area contributed by atoms with E-state index < -0.39 is 5.97 Å². The highest BCUT2D eigenvalue weighted by molar-refractivity contribution is 5.75. The number of nitrogens with one attached hydrogen (secondary N) is 2. The molecular weight excluding hydrogens is 244 g/mol. The maximum Gasteiger partial charge on any atom is 0.315 e. The molecule has 3 N–H and O–H groups in total. The van der Waals surface area contributed by atoms with Crippen LogP contribution >= 0.6 is 0 Å². The highest BCUT2D eigenvalue weighted by Crippen LogP contribution is 2.16. The Labute approximate surface area is 114 Å². The van der Waals surface area contributed by atoms with E-state index in [9.17, 15) is 9.59 Å². The Bertz CT molecular complexity index is 340. The van der Waals surface area contributed by atoms with Crippen molar-refractivity contribution in [3.05, 3.63) is 12.2 Å². The molecular formula is C14H24N2O3. The van der Waals surface area contributed by atoms with Crippen LogP contribution in [0.4, 0.5) is 4.79 Å². The van der Waals surface area contributed by atoms with Crippen LogP contribution in [-0.4, -0.2) is 29.7 Å². The Balaban J connectivity index is 2.31. The number of carbonyl (C=O) groups is 2. The molecule has 1 rings (SSSR count). The van der Waals surface area contributed by atoms with Gasteiger partial charge in [0.15, 0.2) is 0 Å². The van der Waals surface area contributed by atoms with Gasteiger partial charge in [-0.05, 0) is 31.1 Å². The van der Waals surface area contributed by atoms with E-state index in [0.29, 0.717) is 12.5 Å². The Hall–Kier alpha value is -1.52. The van der Waals surface area contributed by atoms with Crippen LogP contribution in [0.5, 0.6) is 0 Å². The second-order valence-electron chi connectivity index (χ2n) is 5.45. The van der Waals surface area contributed by atoms with Gasteiger partial charge in [0.25, 0.3) is 0 Å². The van der Waals surface area contributed by atoms with Gasteiger partial charge in [0.05, 0.1) is 6.42 Å². The summed E-state index contributed by atoms with van der Waals surface area (Å²) in [5.41, 5.74) is 0. The highest BCUT2D eigenvalue weighted by Gasteiger charge is 2.19. The van der Waals surface area contributed by atoms with Crippen molar-refractivity contribution < 1.29 is 14.7 Å². The third kappa shape index (κ3) is 6.27. The molecule has 2 amide bonds. The highest BCUT2D eigenvalue weighted by atomic mass is 16.4. The number of rotatable bonds is 6. The first-order chi connectivity index (χ1) is 8.99. The molecule has 0 aromatic heterocycles. The number of carbonyl (C=O) groups excluding carboxylic acids is 1. The minimum atomic E-state index is -0.892. The summed E-state index contributed by atoms with van der Waals surface area (Å²) in [4.78, 5) is 22.5. The molecule has 0 saturated carbocycles. The van der Waals surface area contributed by atoms with Crippen LogP contribution in [0.15, 0.2) is 12.2 Å². The Kier molecular flexibility index (Phi) is 6.39. The van der Waals surface area contributed by atoms with Crippen LogP contribution in [0.2, 0.25) is 0 Å². The molecule has 19 heavy (non-hydrogen) atoms. The molecule has 0 bridgehead atoms. The van der Waals surface area contributed by atoms with E-state index in [1.165, 1.54) is 0 Å². The minimum Gasteiger partial charge on any atom is -0.481 e. The Morgan fingerprint density at radius 2 is 2.11 bits per heavy atom. The minimum absolute atomic E-state index is 0.0444. The molecule has 0 radical (unpaired) electrons. The predicted molar refractivity (Wildman–Crippen MR) is 73.9 cm³/mol. The van der Waals surface area contributed by atoms with E-state index in [0.717, 1.165) is 19.3 Å². The van der Waals surface area contributed by atoms with Gasteiger partial charge in [-0.1, -0.05) is 26.0 Å². The van der Waals surface area contributed by atoms with Crippen molar-refractivity contribution >= 4 is 12.0 Å². The molecule has 108 valence electrons. The molecule has 2 atom stereocenters. The van der Waals surface area contributed by atoms with Gasteiger partial charge in [0.1, 0.15) is 0 Å². The van der Waals surface area contributed by atoms with Crippen molar-refractivity contribution in [3.63, 3.8) is 0 Å². The van der Waals surface area contributed by atoms with Gasteiger partial charge >= 0.3 is 12.0 Å². The SMILES string of the molecule is CC(C)C(CC(=O)O)NC(=O)NCC1CC=CCC1. The van der Waals surface area contributed by atoms with Crippen molar-refractivity contribution in [2.75, 3.05) is 6.54 Å². The topological polar surface area (TPSA) is 78.4 Å². The molecule has 0 saturated heterocycles. The van der Waals surface area contributed by atoms with Crippen molar-refractivity contribution in [2.45, 2.75) is 45.6 Å². The standard InChI is InChI=1S/C14H24N2O3/c1-10(2)12(8-13(17)18)16-14(19)15-9-11-6-4-3-5-7-11/h3-4,10-12H,5-9H2,1-2H3,(H,17,18)(H2,15,16,19). The molecule has 5 nitrogen and oxygen atoms in total. The number of amides is 2. The molecule has 0 aromatic carbocycles. The summed E-state index contributed by atoms with van der Waals surface area (Å²) in [6.45, 7) is 4.45. The zero-order valence-electron chi connectivity index (χ0n) is 11.7. The lowest BCUT2D eigenvalue weighted by molar-refractivity contribution is -0.137. The van der Waals surface area contributed by atoms with Gasteiger partial charge in [-0.2, -0.15) is 0 Å². The molecule has 0 aliphatic heterocycles. The number of hydrogen-bond acceptors (Lipinski definition) is 2. The van der Waals surface area contributed by atoms with E-state index >= 15 is 0 Å². The lowest BCUT2D eigenvalue weighted by Crippen LogP contribution is -2.46. The van der Waals surface area contributed by atoms with E-state index in [-0.39, 0.29) is 24.4 Å². The zero-order chi connectivity index (χ0) is 14.3. The van der Waals surface area contributed by atoms with Gasteiger partial charge in [-0.15, -0.1) is 0 Å². The number of allylic oxidation sites excluding steroid dienone is 2. The number of aliphatic carboxylic acids is 1. The van der Waals surface area contributed by atoms with Crippen LogP contribution in [0, 0.1) is 11.8 Å². The first-order valence-corrected chi connectivity index (χ1v) is 6.90. The van der Waals surface area contributed by atoms with Crippen molar-refractivity contribution in [1.82, 2.24) is 10.6 Å². The van der Waals surface area contributed by atoms with Gasteiger partial charge in [-0.25, -0.2) is 4.79 Å². The van der Waals surface area contributed by atoms with Gasteiger partial charge in [-0.3, -0.25) is 4.79 Å². The molecule has 1 aliphatic rings. The fourth-order valence-corrected chi connectivity index (χ4v) is 2.14. The van der Waals surface area contributed by atoms with Gasteiger partial charge < -0.3 is 15.7 Å². The average Bonchev–Trinajstić information content (AvgIpc) is 2.36. The lowest BCUT2D eigenvalue weighted by atomic mass is 9.94. The summed E-state index contributed by atoms with van der Waals surface area (Å²) in [5, 5.41) is 14.4. The van der Waals surface area contributed by atoms with E-state index in [2.05, 4.69) is 22.8 Å². The summed E-state index contributed by atoms with van der Waals surface area (Å²) in [5.74, 6) is -0.302. The summed E-state index contributed by atoms with van der Waals surface area (Å²) in [7, 11) is 0. The first kappa shape index (κ1) is 15.5. The third-order valence-corrected chi connectivity index (χ3v) is 3.44. The summed E-state index contributed by atoms with van der Waals surface area (Å²) >= 11 is 0. The van der Waals surface area contributed by atoms with E-state index in [4.69, 9.17) is 5.11 Å². The fourth-order valence-electron chi connectivity index (χ4n) is 2.14. The summed E-state index contributed by atoms with van der Waals surface area (Å²) in [6, 6.07) is -0.599. The molecule has 5 heteroatoms. The monoisotopic (exact) mass is 268 g/mol. The maximum absolute atomic E-state index is 11.7. The van der Waals surface area contributed by atoms with Crippen molar-refractivity contribution in [3.8, 4) is 0 Å². The molecule has 2 unspecified atom stereocenters. The van der Waals surface area contributed by atoms with E-state index in [1.807, 2.05) is 13.8 Å². The van der Waals surface area contributed by atoms with Gasteiger partial charge in [0.2, 0.25) is 0 Å². The third-order valence-electron chi connectivity index (χ3n) is 3.44. The number of hydrogen-bond donors (Lipinski definition) is 3. The summed E-state index contributed by atoms with van der Waals surface area (Å²) < 4.78 is 0. The van der Waals surface area contributed by atoms with Crippen molar-refractivity contribution in [1.29, 1.82) is 0 Å². The van der Waals surface area contributed by atoms with E-state index in [1.54, 1.807) is 0 Å². The smallest absolute Gasteiger partial charge is 0.315 e. The average molecular weight is 268 g/mol. The molecule has 0 heterocycles.